The van der Waals surface area contributed by atoms with Crippen molar-refractivity contribution in [1.29, 1.82) is 0 Å². The highest BCUT2D eigenvalue weighted by atomic mass is 32.2. The number of aromatic nitrogens is 1. The van der Waals surface area contributed by atoms with Crippen LogP contribution in [0, 0.1) is 12.7 Å². The Morgan fingerprint density at radius 1 is 1.08 bits per heavy atom. The molecule has 0 bridgehead atoms. The largest absolute Gasteiger partial charge is 0.348 e. The number of hydrogen-bond acceptors (Lipinski definition) is 3. The molecule has 3 aromatic rings. The number of pyridine rings is 1. The van der Waals surface area contributed by atoms with Crippen LogP contribution in [0.3, 0.4) is 0 Å². The van der Waals surface area contributed by atoms with E-state index in [4.69, 9.17) is 0 Å². The first-order valence-corrected chi connectivity index (χ1v) is 8.65. The minimum absolute atomic E-state index is 0.202. The molecule has 0 saturated carbocycles. The Morgan fingerprint density at radius 2 is 1.80 bits per heavy atom. The molecular formula is C20H17FN2OS. The predicted molar refractivity (Wildman–Crippen MR) is 97.1 cm³/mol. The van der Waals surface area contributed by atoms with Crippen molar-refractivity contribution in [2.75, 3.05) is 0 Å². The smallest absolute Gasteiger partial charge is 0.254 e. The van der Waals surface area contributed by atoms with Crippen LogP contribution < -0.4 is 5.32 Å². The van der Waals surface area contributed by atoms with Gasteiger partial charge in [0.25, 0.3) is 5.91 Å². The van der Waals surface area contributed by atoms with Gasteiger partial charge < -0.3 is 5.32 Å². The summed E-state index contributed by atoms with van der Waals surface area (Å²) in [5.41, 5.74) is 2.55. The molecule has 1 N–H and O–H groups in total. The van der Waals surface area contributed by atoms with Crippen LogP contribution in [-0.2, 0) is 6.54 Å². The zero-order valence-electron chi connectivity index (χ0n) is 13.7. The average Bonchev–Trinajstić information content (AvgIpc) is 2.63. The van der Waals surface area contributed by atoms with Gasteiger partial charge in [-0.25, -0.2) is 9.37 Å². The molecule has 25 heavy (non-hydrogen) atoms. The van der Waals surface area contributed by atoms with E-state index in [-0.39, 0.29) is 11.7 Å². The fourth-order valence-corrected chi connectivity index (χ4v) is 3.12. The van der Waals surface area contributed by atoms with E-state index in [9.17, 15) is 9.18 Å². The Kier molecular flexibility index (Phi) is 5.46. The summed E-state index contributed by atoms with van der Waals surface area (Å²) in [5.74, 6) is -0.494. The van der Waals surface area contributed by atoms with Gasteiger partial charge in [-0.05, 0) is 48.9 Å². The minimum atomic E-state index is -0.292. The molecule has 0 aliphatic rings. The molecule has 3 rings (SSSR count). The third-order valence-electron chi connectivity index (χ3n) is 3.62. The summed E-state index contributed by atoms with van der Waals surface area (Å²) in [5, 5.41) is 3.51. The highest BCUT2D eigenvalue weighted by Crippen LogP contribution is 2.28. The molecule has 1 amide bonds. The van der Waals surface area contributed by atoms with Gasteiger partial charge in [0.1, 0.15) is 10.8 Å². The summed E-state index contributed by atoms with van der Waals surface area (Å²) in [7, 11) is 0. The number of nitrogens with zero attached hydrogens (tertiary/aromatic N) is 1. The second kappa shape index (κ2) is 7.94. The SMILES string of the molecule is Cc1ccc(Sc2ncccc2C(=O)NCc2ccc(F)cc2)cc1. The van der Waals surface area contributed by atoms with Gasteiger partial charge in [-0.2, -0.15) is 0 Å². The van der Waals surface area contributed by atoms with Gasteiger partial charge in [0, 0.05) is 17.6 Å². The molecule has 2 aromatic carbocycles. The molecule has 0 aliphatic heterocycles. The maximum absolute atomic E-state index is 12.9. The fourth-order valence-electron chi connectivity index (χ4n) is 2.24. The Labute approximate surface area is 150 Å². The third kappa shape index (κ3) is 4.67. The van der Waals surface area contributed by atoms with Gasteiger partial charge in [0.2, 0.25) is 0 Å². The van der Waals surface area contributed by atoms with Crippen LogP contribution in [-0.4, -0.2) is 10.9 Å². The standard InChI is InChI=1S/C20H17FN2OS/c1-14-4-10-17(11-5-14)25-20-18(3-2-12-22-20)19(24)23-13-15-6-8-16(21)9-7-15/h2-12H,13H2,1H3,(H,23,24). The van der Waals surface area contributed by atoms with E-state index in [0.717, 1.165) is 10.5 Å². The number of nitrogens with one attached hydrogen (secondary N) is 1. The number of carbonyl (C=O) groups is 1. The fraction of sp³-hybridized carbons (Fsp3) is 0.100. The zero-order valence-corrected chi connectivity index (χ0v) is 14.5. The van der Waals surface area contributed by atoms with Crippen molar-refractivity contribution in [1.82, 2.24) is 10.3 Å². The second-order valence-electron chi connectivity index (χ2n) is 5.58. The van der Waals surface area contributed by atoms with Crippen LogP contribution >= 0.6 is 11.8 Å². The molecule has 3 nitrogen and oxygen atoms in total. The van der Waals surface area contributed by atoms with Crippen LogP contribution in [0.25, 0.3) is 0 Å². The van der Waals surface area contributed by atoms with Crippen molar-refractivity contribution >= 4 is 17.7 Å². The highest BCUT2D eigenvalue weighted by molar-refractivity contribution is 7.99. The van der Waals surface area contributed by atoms with Crippen LogP contribution in [0.2, 0.25) is 0 Å². The van der Waals surface area contributed by atoms with Crippen molar-refractivity contribution < 1.29 is 9.18 Å². The maximum Gasteiger partial charge on any atom is 0.254 e. The van der Waals surface area contributed by atoms with Crippen LogP contribution in [0.15, 0.2) is 76.8 Å². The van der Waals surface area contributed by atoms with E-state index in [1.54, 1.807) is 30.5 Å². The molecule has 0 saturated heterocycles. The normalized spacial score (nSPS) is 10.5. The van der Waals surface area contributed by atoms with Crippen molar-refractivity contribution in [3.05, 3.63) is 89.4 Å². The molecule has 0 spiro atoms. The number of rotatable bonds is 5. The maximum atomic E-state index is 12.9. The summed E-state index contributed by atoms with van der Waals surface area (Å²) >= 11 is 1.45. The lowest BCUT2D eigenvalue weighted by Gasteiger charge is -2.09. The molecular weight excluding hydrogens is 335 g/mol. The van der Waals surface area contributed by atoms with E-state index >= 15 is 0 Å². The molecule has 0 unspecified atom stereocenters. The molecule has 1 aromatic heterocycles. The number of carbonyl (C=O) groups excluding carboxylic acids is 1. The van der Waals surface area contributed by atoms with Crippen molar-refractivity contribution in [3.63, 3.8) is 0 Å². The summed E-state index contributed by atoms with van der Waals surface area (Å²) in [6.45, 7) is 2.37. The van der Waals surface area contributed by atoms with E-state index in [1.807, 2.05) is 31.2 Å². The average molecular weight is 352 g/mol. The first-order valence-electron chi connectivity index (χ1n) is 7.84. The van der Waals surface area contributed by atoms with E-state index in [2.05, 4.69) is 10.3 Å². The zero-order chi connectivity index (χ0) is 17.6. The predicted octanol–water partition coefficient (Wildman–Crippen LogP) is 4.61. The molecule has 126 valence electrons. The monoisotopic (exact) mass is 352 g/mol. The van der Waals surface area contributed by atoms with Crippen LogP contribution in [0.5, 0.6) is 0 Å². The highest BCUT2D eigenvalue weighted by Gasteiger charge is 2.13. The first-order chi connectivity index (χ1) is 12.1. The van der Waals surface area contributed by atoms with Crippen LogP contribution in [0.4, 0.5) is 4.39 Å². The van der Waals surface area contributed by atoms with Crippen LogP contribution in [0.1, 0.15) is 21.5 Å². The van der Waals surface area contributed by atoms with Crippen molar-refractivity contribution in [3.8, 4) is 0 Å². The molecule has 1 heterocycles. The Balaban J connectivity index is 1.71. The van der Waals surface area contributed by atoms with Gasteiger partial charge in [0.15, 0.2) is 0 Å². The molecule has 5 heteroatoms. The number of amides is 1. The lowest BCUT2D eigenvalue weighted by atomic mass is 10.2. The molecule has 0 atom stereocenters. The summed E-state index contributed by atoms with van der Waals surface area (Å²) in [4.78, 5) is 17.9. The number of benzene rings is 2. The van der Waals surface area contributed by atoms with Gasteiger partial charge in [-0.3, -0.25) is 4.79 Å². The lowest BCUT2D eigenvalue weighted by Crippen LogP contribution is -2.23. The lowest BCUT2D eigenvalue weighted by molar-refractivity contribution is 0.0947. The van der Waals surface area contributed by atoms with Gasteiger partial charge in [0.05, 0.1) is 5.56 Å². The third-order valence-corrected chi connectivity index (χ3v) is 4.64. The Hall–Kier alpha value is -2.66. The van der Waals surface area contributed by atoms with Gasteiger partial charge in [-0.1, -0.05) is 41.6 Å². The quantitative estimate of drug-likeness (QED) is 0.729. The van der Waals surface area contributed by atoms with Gasteiger partial charge >= 0.3 is 0 Å². The Bertz CT molecular complexity index is 864. The minimum Gasteiger partial charge on any atom is -0.348 e. The number of halogens is 1. The van der Waals surface area contributed by atoms with Crippen molar-refractivity contribution in [2.45, 2.75) is 23.4 Å². The molecule has 0 aliphatic carbocycles. The summed E-state index contributed by atoms with van der Waals surface area (Å²) < 4.78 is 12.9. The summed E-state index contributed by atoms with van der Waals surface area (Å²) in [6, 6.07) is 17.6. The second-order valence-corrected chi connectivity index (χ2v) is 6.64. The molecule has 0 fully saturated rings. The summed E-state index contributed by atoms with van der Waals surface area (Å²) in [6.07, 6.45) is 1.67. The Morgan fingerprint density at radius 3 is 2.52 bits per heavy atom. The van der Waals surface area contributed by atoms with E-state index < -0.39 is 0 Å². The van der Waals surface area contributed by atoms with E-state index in [0.29, 0.717) is 17.1 Å². The topological polar surface area (TPSA) is 42.0 Å². The van der Waals surface area contributed by atoms with Crippen molar-refractivity contribution in [2.24, 2.45) is 0 Å². The number of aryl methyl sites for hydroxylation is 1. The van der Waals surface area contributed by atoms with E-state index in [1.165, 1.54) is 29.5 Å². The first kappa shape index (κ1) is 17.2. The number of hydrogen-bond donors (Lipinski definition) is 1. The molecule has 0 radical (unpaired) electrons. The van der Waals surface area contributed by atoms with Gasteiger partial charge in [-0.15, -0.1) is 0 Å².